The molecule has 0 aliphatic rings. The number of H-pyrrole nitrogens is 1. The first-order valence-electron chi connectivity index (χ1n) is 3.50. The van der Waals surface area contributed by atoms with Crippen LogP contribution in [0.15, 0.2) is 11.4 Å². The Morgan fingerprint density at radius 1 is 1.55 bits per heavy atom. The predicted octanol–water partition coefficient (Wildman–Crippen LogP) is 1.83. The number of aromatic amines is 1. The molecule has 0 radical (unpaired) electrons. The molecule has 1 aromatic heterocycles. The standard InChI is InChI=1S/C8H12N2O/c1-5-4-9-8(6(5)2)7(3)10-11/h4,9,11H,1-3H3/b10-7-. The lowest BCUT2D eigenvalue weighted by Crippen LogP contribution is -1.96. The topological polar surface area (TPSA) is 48.4 Å². The molecular weight excluding hydrogens is 140 g/mol. The number of oxime groups is 1. The van der Waals surface area contributed by atoms with E-state index in [2.05, 4.69) is 10.1 Å². The molecule has 0 unspecified atom stereocenters. The Kier molecular flexibility index (Phi) is 1.98. The molecule has 0 saturated heterocycles. The van der Waals surface area contributed by atoms with Gasteiger partial charge in [-0.15, -0.1) is 0 Å². The Morgan fingerprint density at radius 2 is 2.18 bits per heavy atom. The molecular formula is C8H12N2O. The second-order valence-corrected chi connectivity index (χ2v) is 2.66. The van der Waals surface area contributed by atoms with Crippen molar-refractivity contribution in [1.82, 2.24) is 4.98 Å². The normalized spacial score (nSPS) is 12.1. The number of hydrogen-bond donors (Lipinski definition) is 2. The van der Waals surface area contributed by atoms with Gasteiger partial charge in [-0.3, -0.25) is 0 Å². The zero-order chi connectivity index (χ0) is 8.43. The van der Waals surface area contributed by atoms with Gasteiger partial charge in [0.2, 0.25) is 0 Å². The number of nitrogens with one attached hydrogen (secondary N) is 1. The largest absolute Gasteiger partial charge is 0.411 e. The summed E-state index contributed by atoms with van der Waals surface area (Å²) >= 11 is 0. The smallest absolute Gasteiger partial charge is 0.100 e. The van der Waals surface area contributed by atoms with Crippen molar-refractivity contribution in [3.05, 3.63) is 23.0 Å². The Labute approximate surface area is 65.7 Å². The van der Waals surface area contributed by atoms with Gasteiger partial charge in [-0.05, 0) is 31.9 Å². The molecule has 0 amide bonds. The summed E-state index contributed by atoms with van der Waals surface area (Å²) < 4.78 is 0. The number of rotatable bonds is 1. The van der Waals surface area contributed by atoms with Crippen LogP contribution in [-0.4, -0.2) is 15.9 Å². The minimum absolute atomic E-state index is 0.621. The number of nitrogens with zero attached hydrogens (tertiary/aromatic N) is 1. The summed E-state index contributed by atoms with van der Waals surface area (Å²) in [6, 6.07) is 0. The average molecular weight is 152 g/mol. The van der Waals surface area contributed by atoms with Crippen LogP contribution in [-0.2, 0) is 0 Å². The predicted molar refractivity (Wildman–Crippen MR) is 44.3 cm³/mol. The molecule has 0 aliphatic heterocycles. The third kappa shape index (κ3) is 1.27. The van der Waals surface area contributed by atoms with E-state index in [1.165, 1.54) is 5.56 Å². The second kappa shape index (κ2) is 2.78. The first kappa shape index (κ1) is 7.85. The van der Waals surface area contributed by atoms with Crippen molar-refractivity contribution in [1.29, 1.82) is 0 Å². The molecule has 1 aromatic rings. The molecule has 2 N–H and O–H groups in total. The maximum atomic E-state index is 8.49. The minimum Gasteiger partial charge on any atom is -0.411 e. The fourth-order valence-corrected chi connectivity index (χ4v) is 1.02. The Bertz CT molecular complexity index is 286. The van der Waals surface area contributed by atoms with Crippen molar-refractivity contribution in [2.24, 2.45) is 5.16 Å². The van der Waals surface area contributed by atoms with E-state index >= 15 is 0 Å². The molecule has 3 heteroatoms. The van der Waals surface area contributed by atoms with Crippen LogP contribution < -0.4 is 0 Å². The molecule has 0 fully saturated rings. The number of aromatic nitrogens is 1. The summed E-state index contributed by atoms with van der Waals surface area (Å²) in [5.41, 5.74) is 3.85. The van der Waals surface area contributed by atoms with Gasteiger partial charge in [0.25, 0.3) is 0 Å². The summed E-state index contributed by atoms with van der Waals surface area (Å²) in [6.07, 6.45) is 1.90. The van der Waals surface area contributed by atoms with Crippen molar-refractivity contribution in [2.75, 3.05) is 0 Å². The maximum Gasteiger partial charge on any atom is 0.100 e. The Morgan fingerprint density at radius 3 is 2.55 bits per heavy atom. The molecule has 0 aromatic carbocycles. The summed E-state index contributed by atoms with van der Waals surface area (Å²) in [6.45, 7) is 5.77. The van der Waals surface area contributed by atoms with Crippen LogP contribution >= 0.6 is 0 Å². The van der Waals surface area contributed by atoms with Gasteiger partial charge in [-0.2, -0.15) is 0 Å². The fraction of sp³-hybridized carbons (Fsp3) is 0.375. The van der Waals surface area contributed by atoms with Crippen molar-refractivity contribution in [3.63, 3.8) is 0 Å². The van der Waals surface area contributed by atoms with E-state index in [0.717, 1.165) is 11.3 Å². The van der Waals surface area contributed by atoms with Crippen LogP contribution in [0.2, 0.25) is 0 Å². The molecule has 0 saturated carbocycles. The van der Waals surface area contributed by atoms with E-state index in [0.29, 0.717) is 5.71 Å². The van der Waals surface area contributed by atoms with E-state index in [9.17, 15) is 0 Å². The summed E-state index contributed by atoms with van der Waals surface area (Å²) in [5.74, 6) is 0. The molecule has 0 spiro atoms. The third-order valence-corrected chi connectivity index (χ3v) is 1.91. The van der Waals surface area contributed by atoms with E-state index in [1.54, 1.807) is 6.92 Å². The van der Waals surface area contributed by atoms with Crippen LogP contribution in [0.4, 0.5) is 0 Å². The van der Waals surface area contributed by atoms with Gasteiger partial charge in [0.1, 0.15) is 5.71 Å². The van der Waals surface area contributed by atoms with Crippen molar-refractivity contribution >= 4 is 5.71 Å². The van der Waals surface area contributed by atoms with E-state index < -0.39 is 0 Å². The van der Waals surface area contributed by atoms with Gasteiger partial charge < -0.3 is 10.2 Å². The zero-order valence-electron chi connectivity index (χ0n) is 6.97. The fourth-order valence-electron chi connectivity index (χ4n) is 1.02. The first-order chi connectivity index (χ1) is 5.16. The highest BCUT2D eigenvalue weighted by Gasteiger charge is 2.05. The molecule has 60 valence electrons. The Hall–Kier alpha value is -1.25. The van der Waals surface area contributed by atoms with Gasteiger partial charge in [-0.25, -0.2) is 0 Å². The molecule has 1 rings (SSSR count). The highest BCUT2D eigenvalue weighted by Crippen LogP contribution is 2.11. The monoisotopic (exact) mass is 152 g/mol. The number of hydrogen-bond acceptors (Lipinski definition) is 2. The lowest BCUT2D eigenvalue weighted by Gasteiger charge is -1.95. The summed E-state index contributed by atoms with van der Waals surface area (Å²) in [7, 11) is 0. The van der Waals surface area contributed by atoms with Gasteiger partial charge in [0, 0.05) is 6.20 Å². The van der Waals surface area contributed by atoms with Crippen LogP contribution in [0.25, 0.3) is 0 Å². The van der Waals surface area contributed by atoms with Crippen molar-refractivity contribution in [3.8, 4) is 0 Å². The van der Waals surface area contributed by atoms with E-state index in [4.69, 9.17) is 5.21 Å². The highest BCUT2D eigenvalue weighted by molar-refractivity contribution is 5.98. The molecule has 0 atom stereocenters. The van der Waals surface area contributed by atoms with Gasteiger partial charge >= 0.3 is 0 Å². The second-order valence-electron chi connectivity index (χ2n) is 2.66. The summed E-state index contributed by atoms with van der Waals surface area (Å²) in [5, 5.41) is 11.6. The SMILES string of the molecule is C/C(=N/O)c1[nH]cc(C)c1C. The van der Waals surface area contributed by atoms with Gasteiger partial charge in [0.15, 0.2) is 0 Å². The van der Waals surface area contributed by atoms with Crippen molar-refractivity contribution in [2.45, 2.75) is 20.8 Å². The zero-order valence-corrected chi connectivity index (χ0v) is 6.97. The Balaban J connectivity index is 3.15. The van der Waals surface area contributed by atoms with E-state index in [-0.39, 0.29) is 0 Å². The summed E-state index contributed by atoms with van der Waals surface area (Å²) in [4.78, 5) is 3.03. The average Bonchev–Trinajstić information content (AvgIpc) is 2.32. The quantitative estimate of drug-likeness (QED) is 0.360. The molecule has 3 nitrogen and oxygen atoms in total. The molecule has 0 bridgehead atoms. The lowest BCUT2D eigenvalue weighted by atomic mass is 10.1. The third-order valence-electron chi connectivity index (χ3n) is 1.91. The van der Waals surface area contributed by atoms with Crippen LogP contribution in [0.1, 0.15) is 23.7 Å². The van der Waals surface area contributed by atoms with Crippen LogP contribution in [0.5, 0.6) is 0 Å². The van der Waals surface area contributed by atoms with Gasteiger partial charge in [0.05, 0.1) is 5.69 Å². The maximum absolute atomic E-state index is 8.49. The van der Waals surface area contributed by atoms with Crippen LogP contribution in [0.3, 0.4) is 0 Å². The van der Waals surface area contributed by atoms with Crippen LogP contribution in [0, 0.1) is 13.8 Å². The molecule has 0 aliphatic carbocycles. The highest BCUT2D eigenvalue weighted by atomic mass is 16.4. The minimum atomic E-state index is 0.621. The molecule has 1 heterocycles. The first-order valence-corrected chi connectivity index (χ1v) is 3.50. The number of aryl methyl sites for hydroxylation is 1. The van der Waals surface area contributed by atoms with Gasteiger partial charge in [-0.1, -0.05) is 5.16 Å². The van der Waals surface area contributed by atoms with Crippen molar-refractivity contribution < 1.29 is 5.21 Å². The molecule has 11 heavy (non-hydrogen) atoms. The lowest BCUT2D eigenvalue weighted by molar-refractivity contribution is 0.319. The van der Waals surface area contributed by atoms with E-state index in [1.807, 2.05) is 20.0 Å².